The van der Waals surface area contributed by atoms with Gasteiger partial charge in [-0.3, -0.25) is 9.59 Å². The van der Waals surface area contributed by atoms with Gasteiger partial charge in [-0.1, -0.05) is 24.3 Å². The Balaban J connectivity index is 1.38. The third-order valence-corrected chi connectivity index (χ3v) is 6.39. The molecule has 1 saturated carbocycles. The van der Waals surface area contributed by atoms with E-state index in [9.17, 15) is 14.0 Å². The van der Waals surface area contributed by atoms with E-state index < -0.39 is 0 Å². The second-order valence-electron chi connectivity index (χ2n) is 8.93. The molecule has 2 heterocycles. The molecule has 2 aliphatic rings. The maximum Gasteiger partial charge on any atom is 0.287 e. The lowest BCUT2D eigenvalue weighted by Gasteiger charge is -2.38. The Hall–Kier alpha value is -3.87. The second kappa shape index (κ2) is 9.78. The van der Waals surface area contributed by atoms with E-state index in [1.165, 1.54) is 12.1 Å². The minimum Gasteiger partial charge on any atom is -0.486 e. The molecule has 0 spiro atoms. The summed E-state index contributed by atoms with van der Waals surface area (Å²) in [6, 6.07) is 15.2. The van der Waals surface area contributed by atoms with Crippen molar-refractivity contribution >= 4 is 11.8 Å². The van der Waals surface area contributed by atoms with E-state index >= 15 is 0 Å². The van der Waals surface area contributed by atoms with Crippen molar-refractivity contribution in [3.63, 3.8) is 0 Å². The number of ether oxygens (including phenoxy) is 1. The Kier molecular flexibility index (Phi) is 6.40. The van der Waals surface area contributed by atoms with Crippen LogP contribution in [0.2, 0.25) is 0 Å². The molecule has 1 fully saturated rings. The molecule has 0 bridgehead atoms. The SMILES string of the molecule is C=CCNC(=O)c1ccc(COc2ccc3c(c2)C(c2cccc(F)c2)N(C(=O)C2CC2)CC3)o1. The molecule has 2 amide bonds. The Morgan fingerprint density at radius 2 is 2.03 bits per heavy atom. The van der Waals surface area contributed by atoms with Crippen molar-refractivity contribution in [1.29, 1.82) is 0 Å². The number of fused-ring (bicyclic) bond motifs is 1. The Bertz CT molecular complexity index is 1260. The van der Waals surface area contributed by atoms with Gasteiger partial charge in [-0.05, 0) is 72.4 Å². The van der Waals surface area contributed by atoms with E-state index in [4.69, 9.17) is 9.15 Å². The minimum atomic E-state index is -0.366. The summed E-state index contributed by atoms with van der Waals surface area (Å²) in [5, 5.41) is 2.67. The predicted molar refractivity (Wildman–Crippen MR) is 128 cm³/mol. The van der Waals surface area contributed by atoms with Crippen molar-refractivity contribution < 1.29 is 23.1 Å². The fourth-order valence-electron chi connectivity index (χ4n) is 4.51. The third-order valence-electron chi connectivity index (χ3n) is 6.39. The van der Waals surface area contributed by atoms with Crippen LogP contribution in [0.4, 0.5) is 4.39 Å². The molecule has 1 unspecified atom stereocenters. The molecule has 1 aromatic heterocycles. The summed E-state index contributed by atoms with van der Waals surface area (Å²) in [6.45, 7) is 4.67. The van der Waals surface area contributed by atoms with E-state index in [1.807, 2.05) is 29.2 Å². The van der Waals surface area contributed by atoms with Crippen LogP contribution in [0.25, 0.3) is 0 Å². The van der Waals surface area contributed by atoms with Crippen LogP contribution in [0.3, 0.4) is 0 Å². The van der Waals surface area contributed by atoms with Crippen LogP contribution in [-0.4, -0.2) is 29.8 Å². The van der Waals surface area contributed by atoms with Crippen molar-refractivity contribution in [2.24, 2.45) is 5.92 Å². The number of benzene rings is 2. The van der Waals surface area contributed by atoms with Crippen molar-refractivity contribution in [2.45, 2.75) is 31.9 Å². The number of hydrogen-bond acceptors (Lipinski definition) is 4. The van der Waals surface area contributed by atoms with Crippen LogP contribution in [0, 0.1) is 11.7 Å². The Labute approximate surface area is 203 Å². The molecule has 1 N–H and O–H groups in total. The first-order valence-electron chi connectivity index (χ1n) is 11.8. The van der Waals surface area contributed by atoms with Gasteiger partial charge in [0.05, 0.1) is 6.04 Å². The maximum atomic E-state index is 14.1. The zero-order chi connectivity index (χ0) is 24.4. The first-order chi connectivity index (χ1) is 17.0. The number of rotatable bonds is 8. The first kappa shape index (κ1) is 22.9. The number of furan rings is 1. The maximum absolute atomic E-state index is 14.1. The van der Waals surface area contributed by atoms with Crippen molar-refractivity contribution in [3.8, 4) is 5.75 Å². The molecule has 1 aliphatic heterocycles. The largest absolute Gasteiger partial charge is 0.486 e. The van der Waals surface area contributed by atoms with Crippen LogP contribution < -0.4 is 10.1 Å². The summed E-state index contributed by atoms with van der Waals surface area (Å²) in [5.41, 5.74) is 2.81. The average Bonchev–Trinajstić information content (AvgIpc) is 3.62. The summed E-state index contributed by atoms with van der Waals surface area (Å²) < 4.78 is 25.7. The van der Waals surface area contributed by atoms with E-state index in [-0.39, 0.29) is 42.0 Å². The Morgan fingerprint density at radius 1 is 1.17 bits per heavy atom. The van der Waals surface area contributed by atoms with Crippen molar-refractivity contribution in [3.05, 3.63) is 101 Å². The fourth-order valence-corrected chi connectivity index (χ4v) is 4.51. The molecule has 3 aromatic rings. The zero-order valence-corrected chi connectivity index (χ0v) is 19.3. The van der Waals surface area contributed by atoms with Gasteiger partial charge < -0.3 is 19.4 Å². The van der Waals surface area contributed by atoms with Crippen LogP contribution in [0.1, 0.15) is 51.9 Å². The van der Waals surface area contributed by atoms with E-state index in [1.54, 1.807) is 24.3 Å². The van der Waals surface area contributed by atoms with E-state index in [0.29, 0.717) is 24.6 Å². The molecule has 0 radical (unpaired) electrons. The monoisotopic (exact) mass is 474 g/mol. The van der Waals surface area contributed by atoms with Gasteiger partial charge in [0, 0.05) is 19.0 Å². The lowest BCUT2D eigenvalue weighted by atomic mass is 9.87. The van der Waals surface area contributed by atoms with Crippen molar-refractivity contribution in [2.75, 3.05) is 13.1 Å². The van der Waals surface area contributed by atoms with Gasteiger partial charge >= 0.3 is 0 Å². The number of carbonyl (C=O) groups is 2. The molecule has 2 aromatic carbocycles. The summed E-state index contributed by atoms with van der Waals surface area (Å²) in [6.07, 6.45) is 4.16. The standard InChI is InChI=1S/C28H27FN2O4/c1-2-13-30-27(32)25-11-10-23(35-25)17-34-22-9-8-18-12-14-31(28(33)19-6-7-19)26(24(18)16-22)20-4-3-5-21(29)15-20/h2-5,8-11,15-16,19,26H,1,6-7,12-14,17H2,(H,30,32). The molecule has 180 valence electrons. The van der Waals surface area contributed by atoms with Gasteiger partial charge in [-0.2, -0.15) is 0 Å². The summed E-state index contributed by atoms with van der Waals surface area (Å²) in [5.74, 6) is 0.891. The van der Waals surface area contributed by atoms with Gasteiger partial charge in [0.2, 0.25) is 5.91 Å². The highest BCUT2D eigenvalue weighted by atomic mass is 19.1. The van der Waals surface area contributed by atoms with Crippen LogP contribution in [-0.2, 0) is 17.8 Å². The summed E-state index contributed by atoms with van der Waals surface area (Å²) in [4.78, 5) is 27.0. The molecule has 6 nitrogen and oxygen atoms in total. The first-order valence-corrected chi connectivity index (χ1v) is 11.8. The number of halogens is 1. The van der Waals surface area contributed by atoms with Gasteiger partial charge in [0.1, 0.15) is 23.9 Å². The number of carbonyl (C=O) groups excluding carboxylic acids is 2. The van der Waals surface area contributed by atoms with E-state index in [0.717, 1.165) is 36.0 Å². The van der Waals surface area contributed by atoms with Gasteiger partial charge in [-0.25, -0.2) is 4.39 Å². The molecular formula is C28H27FN2O4. The number of amides is 2. The molecule has 35 heavy (non-hydrogen) atoms. The van der Waals surface area contributed by atoms with Crippen LogP contribution in [0.5, 0.6) is 5.75 Å². The van der Waals surface area contributed by atoms with E-state index in [2.05, 4.69) is 11.9 Å². The third kappa shape index (κ3) is 4.99. The van der Waals surface area contributed by atoms with Crippen LogP contribution in [0.15, 0.2) is 71.7 Å². The molecular weight excluding hydrogens is 447 g/mol. The van der Waals surface area contributed by atoms with Gasteiger partial charge in [0.25, 0.3) is 5.91 Å². The highest BCUT2D eigenvalue weighted by Crippen LogP contribution is 2.41. The number of hydrogen-bond donors (Lipinski definition) is 1. The summed E-state index contributed by atoms with van der Waals surface area (Å²) in [7, 11) is 0. The van der Waals surface area contributed by atoms with Gasteiger partial charge in [-0.15, -0.1) is 6.58 Å². The topological polar surface area (TPSA) is 71.8 Å². The molecule has 1 aliphatic carbocycles. The van der Waals surface area contributed by atoms with Gasteiger partial charge in [0.15, 0.2) is 5.76 Å². The molecule has 5 rings (SSSR count). The number of nitrogens with zero attached hydrogens (tertiary/aromatic N) is 1. The molecule has 0 saturated heterocycles. The summed E-state index contributed by atoms with van der Waals surface area (Å²) >= 11 is 0. The highest BCUT2D eigenvalue weighted by Gasteiger charge is 2.39. The fraction of sp³-hybridized carbons (Fsp3) is 0.286. The zero-order valence-electron chi connectivity index (χ0n) is 19.3. The minimum absolute atomic E-state index is 0.0730. The average molecular weight is 475 g/mol. The molecule has 7 heteroatoms. The van der Waals surface area contributed by atoms with Crippen LogP contribution >= 0.6 is 0 Å². The normalized spacial score (nSPS) is 16.9. The quantitative estimate of drug-likeness (QED) is 0.476. The lowest BCUT2D eigenvalue weighted by molar-refractivity contribution is -0.134. The number of nitrogens with one attached hydrogen (secondary N) is 1. The molecule has 1 atom stereocenters. The highest BCUT2D eigenvalue weighted by molar-refractivity contribution is 5.91. The van der Waals surface area contributed by atoms with Crippen molar-refractivity contribution in [1.82, 2.24) is 10.2 Å². The lowest BCUT2D eigenvalue weighted by Crippen LogP contribution is -2.41. The smallest absolute Gasteiger partial charge is 0.287 e. The Morgan fingerprint density at radius 3 is 2.80 bits per heavy atom. The second-order valence-corrected chi connectivity index (χ2v) is 8.93. The predicted octanol–water partition coefficient (Wildman–Crippen LogP) is 4.80.